The van der Waals surface area contributed by atoms with Crippen molar-refractivity contribution in [1.29, 1.82) is 0 Å². The lowest BCUT2D eigenvalue weighted by atomic mass is 9.70. The van der Waals surface area contributed by atoms with Crippen LogP contribution in [0, 0.1) is 23.7 Å². The van der Waals surface area contributed by atoms with E-state index >= 15 is 0 Å². The van der Waals surface area contributed by atoms with Crippen molar-refractivity contribution in [1.82, 2.24) is 122 Å². The number of nitrogens with zero attached hydrogens (tertiary/aromatic N) is 21. The largest absolute Gasteiger partial charge is 0.459 e. The second-order valence-electron chi connectivity index (χ2n) is 31.6. The molecule has 18 rings (SSSR count). The third-order valence-corrected chi connectivity index (χ3v) is 23.3. The number of aromatic nitrogens is 21. The number of benzene rings is 6. The van der Waals surface area contributed by atoms with Gasteiger partial charge >= 0.3 is 11.9 Å². The maximum absolute atomic E-state index is 12.9. The number of carbonyl (C=O) groups excluding carboxylic acids is 5. The van der Waals surface area contributed by atoms with Gasteiger partial charge in [-0.3, -0.25) is 19.4 Å². The lowest BCUT2D eigenvalue weighted by Crippen LogP contribution is -2.36. The molecule has 6 aliphatic rings. The molecular formula is C88H102N24O9. The Hall–Kier alpha value is -13.2. The highest BCUT2D eigenvalue weighted by Gasteiger charge is 2.36. The highest BCUT2D eigenvalue weighted by Crippen LogP contribution is 2.42. The smallest absolute Gasteiger partial charge is 0.338 e. The first kappa shape index (κ1) is 84.2. The van der Waals surface area contributed by atoms with E-state index in [0.29, 0.717) is 93.7 Å². The number of fused-ring (bicyclic) bond motifs is 2. The molecule has 6 aromatic heterocycles. The summed E-state index contributed by atoms with van der Waals surface area (Å²) in [5, 5.41) is 65.9. The van der Waals surface area contributed by atoms with Crippen molar-refractivity contribution in [3.05, 3.63) is 203 Å². The molecule has 3 amide bonds. The zero-order valence-corrected chi connectivity index (χ0v) is 68.9. The molecule has 0 radical (unpaired) electrons. The minimum atomic E-state index is -0.220. The number of hydrogen-bond donors (Lipinski definition) is 3. The molecule has 3 unspecified atom stereocenters. The van der Waals surface area contributed by atoms with Crippen molar-refractivity contribution in [2.75, 3.05) is 6.79 Å². The highest BCUT2D eigenvalue weighted by molar-refractivity contribution is 5.96. The van der Waals surface area contributed by atoms with Gasteiger partial charge in [-0.1, -0.05) is 156 Å². The van der Waals surface area contributed by atoms with Gasteiger partial charge in [0, 0.05) is 111 Å². The molecule has 3 atom stereocenters. The molecule has 5 aliphatic carbocycles. The van der Waals surface area contributed by atoms with Crippen molar-refractivity contribution in [3.63, 3.8) is 0 Å². The maximum atomic E-state index is 12.9. The molecule has 3 N–H and O–H groups in total. The molecule has 5 fully saturated rings. The first-order valence-electron chi connectivity index (χ1n) is 41.8. The number of aryl methyl sites for hydroxylation is 5. The summed E-state index contributed by atoms with van der Waals surface area (Å²) in [5.41, 5.74) is 9.30. The number of carbonyl (C=O) groups is 5. The van der Waals surface area contributed by atoms with Crippen LogP contribution in [0.3, 0.4) is 0 Å². The first-order valence-corrected chi connectivity index (χ1v) is 41.8. The Labute approximate surface area is 700 Å². The summed E-state index contributed by atoms with van der Waals surface area (Å²) < 4.78 is 30.6. The summed E-state index contributed by atoms with van der Waals surface area (Å²) >= 11 is 0. The molecule has 0 spiro atoms. The number of amides is 3. The van der Waals surface area contributed by atoms with Crippen LogP contribution in [0.4, 0.5) is 0 Å². The van der Waals surface area contributed by atoms with Crippen LogP contribution < -0.4 is 25.4 Å². The van der Waals surface area contributed by atoms with E-state index in [-0.39, 0.29) is 48.7 Å². The molecule has 12 aromatic rings. The van der Waals surface area contributed by atoms with Gasteiger partial charge in [0.1, 0.15) is 12.2 Å². The van der Waals surface area contributed by atoms with Crippen LogP contribution in [0.15, 0.2) is 164 Å². The Balaban J connectivity index is 0.000000124. The van der Waals surface area contributed by atoms with Gasteiger partial charge in [0.15, 0.2) is 40.6 Å². The fraction of sp³-hybridized carbons (Fsp3) is 0.420. The van der Waals surface area contributed by atoms with Gasteiger partial charge in [0.2, 0.25) is 6.79 Å². The zero-order valence-electron chi connectivity index (χ0n) is 68.9. The summed E-state index contributed by atoms with van der Waals surface area (Å²) in [7, 11) is 8.92. The summed E-state index contributed by atoms with van der Waals surface area (Å²) in [6, 6.07) is 46.1. The second-order valence-corrected chi connectivity index (χ2v) is 31.6. The number of hydrogen-bond acceptors (Lipinski definition) is 25. The normalized spacial score (nSPS) is 17.0. The molecule has 628 valence electrons. The number of nitrogens with one attached hydrogen (secondary N) is 3. The van der Waals surface area contributed by atoms with E-state index in [2.05, 4.69) is 98.6 Å². The minimum Gasteiger partial charge on any atom is -0.459 e. The zero-order chi connectivity index (χ0) is 83.8. The van der Waals surface area contributed by atoms with E-state index in [0.717, 1.165) is 82.2 Å². The van der Waals surface area contributed by atoms with Crippen LogP contribution in [0.1, 0.15) is 204 Å². The van der Waals surface area contributed by atoms with Gasteiger partial charge in [-0.05, 0) is 224 Å². The van der Waals surface area contributed by atoms with E-state index < -0.39 is 0 Å². The Bertz CT molecular complexity index is 5330. The third kappa shape index (κ3) is 22.6. The van der Waals surface area contributed by atoms with Crippen molar-refractivity contribution in [2.45, 2.75) is 173 Å². The van der Waals surface area contributed by atoms with Crippen molar-refractivity contribution in [2.24, 2.45) is 58.9 Å². The standard InChI is InChI=1S/C22H30N4O2.C19H24N4O2.C17H15N5O3.C15H14N6O.C15H19N5O/c1-26-21(23-24-25-26)18-12-14-19(15-13-18)22(27)28-20(16-8-4-2-5-9-16)17-10-6-3-7-11-17;1-23-18(20-21-22-23)14-6-8-15(9-7-14)19(24)25-17-11-10-13-4-2-3-5-16(13)12-17;1-22-16(19-20-21-22)12-3-5-13(6-4-12)17(23)18-9-11-2-7-14-15(8-11)25-10-24-14;1-21-14(18-19-20-21)12-4-6-13(7-5-12)15(22)17-10-11-3-2-8-16-9-11;1-20-14(17-18-19-20)11-7-9-12(10-8-11)15(21)16-13-5-3-2-4-6-13/h12-17,20H,2-11H2,1H3;6-9,13,16-17H,2-5,10-12H2,1H3;2-8H,9-10H2,1H3,(H,18,23);2-9H,10H2,1H3,(H,17,22);7-10,13H,2-6H2,1H3,(H,16,21). The van der Waals surface area contributed by atoms with Gasteiger partial charge in [-0.25, -0.2) is 33.0 Å². The first-order chi connectivity index (χ1) is 59.1. The van der Waals surface area contributed by atoms with Crippen molar-refractivity contribution >= 4 is 29.7 Å². The topological polar surface area (TPSA) is 389 Å². The lowest BCUT2D eigenvalue weighted by molar-refractivity contribution is -0.0233. The van der Waals surface area contributed by atoms with Crippen LogP contribution in [-0.2, 0) is 57.8 Å². The Morgan fingerprint density at radius 2 is 0.785 bits per heavy atom. The van der Waals surface area contributed by atoms with E-state index in [1.807, 2.05) is 115 Å². The van der Waals surface area contributed by atoms with Gasteiger partial charge in [0.05, 0.1) is 11.1 Å². The number of esters is 2. The lowest BCUT2D eigenvalue weighted by Gasteiger charge is -2.38. The Kier molecular flexibility index (Phi) is 28.8. The quantitative estimate of drug-likeness (QED) is 0.0633. The van der Waals surface area contributed by atoms with Crippen LogP contribution in [0.25, 0.3) is 56.9 Å². The van der Waals surface area contributed by atoms with Gasteiger partial charge < -0.3 is 34.9 Å². The van der Waals surface area contributed by atoms with E-state index in [1.54, 1.807) is 107 Å². The van der Waals surface area contributed by atoms with Crippen molar-refractivity contribution in [3.8, 4) is 68.4 Å². The Morgan fingerprint density at radius 1 is 0.397 bits per heavy atom. The van der Waals surface area contributed by atoms with Gasteiger partial charge in [-0.15, -0.1) is 25.5 Å². The summed E-state index contributed by atoms with van der Waals surface area (Å²) in [5.74, 6) is 6.77. The third-order valence-electron chi connectivity index (χ3n) is 23.3. The monoisotopic (exact) mass is 1640 g/mol. The van der Waals surface area contributed by atoms with Crippen molar-refractivity contribution < 1.29 is 42.9 Å². The summed E-state index contributed by atoms with van der Waals surface area (Å²) in [6.45, 7) is 1.09. The molecule has 0 bridgehead atoms. The number of pyridine rings is 1. The average Bonchev–Trinajstić information content (AvgIpc) is 1.82. The number of tetrazole rings is 5. The molecule has 121 heavy (non-hydrogen) atoms. The molecule has 0 saturated heterocycles. The van der Waals surface area contributed by atoms with Gasteiger partial charge in [-0.2, -0.15) is 0 Å². The summed E-state index contributed by atoms with van der Waals surface area (Å²) in [6.07, 6.45) is 30.6. The summed E-state index contributed by atoms with van der Waals surface area (Å²) in [4.78, 5) is 66.0. The van der Waals surface area contributed by atoms with Crippen LogP contribution in [-0.4, -0.2) is 161 Å². The molecule has 5 saturated carbocycles. The van der Waals surface area contributed by atoms with E-state index in [4.69, 9.17) is 18.9 Å². The van der Waals surface area contributed by atoms with Gasteiger partial charge in [0.25, 0.3) is 17.7 Å². The maximum Gasteiger partial charge on any atom is 0.338 e. The van der Waals surface area contributed by atoms with Crippen LogP contribution in [0.5, 0.6) is 11.5 Å². The molecular weight excluding hydrogens is 1540 g/mol. The average molecular weight is 1640 g/mol. The SMILES string of the molecule is Cn1nnnc1-c1ccc(C(=O)NC2CCCCC2)cc1.Cn1nnnc1-c1ccc(C(=O)NCc2ccc3c(c2)OCO3)cc1.Cn1nnnc1-c1ccc(C(=O)NCc2cccnc2)cc1.Cn1nnnc1-c1ccc(C(=O)OC(C2CCCCC2)C2CCCCC2)cc1.Cn1nnnc1-c1ccc(C(=O)OC2CCC3CCCCC3C2)cc1. The Morgan fingerprint density at radius 3 is 1.21 bits per heavy atom. The highest BCUT2D eigenvalue weighted by atomic mass is 16.7. The molecule has 33 heteroatoms. The minimum absolute atomic E-state index is 0.00420. The van der Waals surface area contributed by atoms with E-state index in [1.165, 1.54) is 116 Å². The van der Waals surface area contributed by atoms with Crippen LogP contribution in [0.2, 0.25) is 0 Å². The molecule has 7 heterocycles. The molecule has 1 aliphatic heterocycles. The number of rotatable bonds is 19. The predicted octanol–water partition coefficient (Wildman–Crippen LogP) is 12.6. The fourth-order valence-corrected chi connectivity index (χ4v) is 16.7. The van der Waals surface area contributed by atoms with E-state index in [9.17, 15) is 24.0 Å². The van der Waals surface area contributed by atoms with Crippen LogP contribution >= 0.6 is 0 Å². The molecule has 33 nitrogen and oxygen atoms in total. The fourth-order valence-electron chi connectivity index (χ4n) is 16.7. The number of ether oxygens (including phenoxy) is 4. The second kappa shape index (κ2) is 41.4. The predicted molar refractivity (Wildman–Crippen MR) is 446 cm³/mol. The molecule has 6 aromatic carbocycles.